The lowest BCUT2D eigenvalue weighted by Gasteiger charge is -2.45. The van der Waals surface area contributed by atoms with Gasteiger partial charge in [-0.3, -0.25) is 14.4 Å². The van der Waals surface area contributed by atoms with Crippen LogP contribution in [0.25, 0.3) is 0 Å². The number of nitrogens with two attached hydrogens (primary N) is 1. The Kier molecular flexibility index (Phi) is 7.24. The molecule has 170 valence electrons. The van der Waals surface area contributed by atoms with E-state index in [1.165, 1.54) is 11.6 Å². The Morgan fingerprint density at radius 3 is 2.44 bits per heavy atom. The van der Waals surface area contributed by atoms with Gasteiger partial charge in [-0.2, -0.15) is 0 Å². The third-order valence-corrected chi connectivity index (χ3v) is 6.37. The van der Waals surface area contributed by atoms with Gasteiger partial charge in [-0.25, -0.2) is 0 Å². The number of benzene rings is 2. The first-order chi connectivity index (χ1) is 15.1. The number of nitrogens with zero attached hydrogens (tertiary/aromatic N) is 1. The van der Waals surface area contributed by atoms with Crippen LogP contribution >= 0.6 is 11.6 Å². The van der Waals surface area contributed by atoms with Crippen LogP contribution < -0.4 is 11.1 Å². The normalized spacial score (nSPS) is 18.6. The standard InChI is InChI=1S/C25H30ClN3O3/c1-16(28-24(32)19-6-4-5-18(14-19)23(27)31)13-22(30)29-12-11-21(25(2,3)15-29)17-7-9-20(26)10-8-17/h4-10,14,16,21H,11-13,15H2,1-3H3,(H2,27,31)(H,28,32)/t16-,21?/m1/s1. The van der Waals surface area contributed by atoms with Gasteiger partial charge in [0.05, 0.1) is 0 Å². The maximum absolute atomic E-state index is 12.9. The first-order valence-electron chi connectivity index (χ1n) is 10.8. The molecular weight excluding hydrogens is 426 g/mol. The summed E-state index contributed by atoms with van der Waals surface area (Å²) in [7, 11) is 0. The minimum absolute atomic E-state index is 0.0197. The van der Waals surface area contributed by atoms with E-state index < -0.39 is 5.91 Å². The molecule has 0 aliphatic carbocycles. The number of halogens is 1. The van der Waals surface area contributed by atoms with Crippen molar-refractivity contribution in [3.05, 3.63) is 70.2 Å². The van der Waals surface area contributed by atoms with Gasteiger partial charge in [-0.15, -0.1) is 0 Å². The number of nitrogens with one attached hydrogen (secondary N) is 1. The fraction of sp³-hybridized carbons (Fsp3) is 0.400. The first kappa shape index (κ1) is 23.8. The lowest BCUT2D eigenvalue weighted by Crippen LogP contribution is -2.48. The number of likely N-dealkylation sites (tertiary alicyclic amines) is 1. The van der Waals surface area contributed by atoms with Crippen LogP contribution in [0.4, 0.5) is 0 Å². The van der Waals surface area contributed by atoms with Crippen molar-refractivity contribution in [2.45, 2.75) is 45.6 Å². The van der Waals surface area contributed by atoms with Gasteiger partial charge in [-0.1, -0.05) is 43.6 Å². The highest BCUT2D eigenvalue weighted by molar-refractivity contribution is 6.30. The van der Waals surface area contributed by atoms with E-state index in [-0.39, 0.29) is 35.3 Å². The molecule has 1 fully saturated rings. The van der Waals surface area contributed by atoms with E-state index in [1.807, 2.05) is 17.0 Å². The van der Waals surface area contributed by atoms with Crippen molar-refractivity contribution in [1.82, 2.24) is 10.2 Å². The predicted molar refractivity (Wildman–Crippen MR) is 126 cm³/mol. The molecule has 1 unspecified atom stereocenters. The molecule has 0 bridgehead atoms. The lowest BCUT2D eigenvalue weighted by molar-refractivity contribution is -0.135. The first-order valence-corrected chi connectivity index (χ1v) is 11.2. The summed E-state index contributed by atoms with van der Waals surface area (Å²) in [4.78, 5) is 38.7. The van der Waals surface area contributed by atoms with E-state index in [0.717, 1.165) is 11.4 Å². The Morgan fingerprint density at radius 2 is 1.81 bits per heavy atom. The molecule has 0 saturated carbocycles. The third kappa shape index (κ3) is 5.68. The molecule has 1 aliphatic heterocycles. The molecule has 7 heteroatoms. The summed E-state index contributed by atoms with van der Waals surface area (Å²) in [6.07, 6.45) is 1.09. The number of hydrogen-bond donors (Lipinski definition) is 2. The molecule has 1 heterocycles. The van der Waals surface area contributed by atoms with Crippen molar-refractivity contribution < 1.29 is 14.4 Å². The zero-order valence-electron chi connectivity index (χ0n) is 18.7. The van der Waals surface area contributed by atoms with Gasteiger partial charge in [-0.05, 0) is 60.6 Å². The van der Waals surface area contributed by atoms with Crippen LogP contribution in [0.2, 0.25) is 5.02 Å². The average Bonchev–Trinajstić information content (AvgIpc) is 2.73. The monoisotopic (exact) mass is 455 g/mol. The smallest absolute Gasteiger partial charge is 0.251 e. The third-order valence-electron chi connectivity index (χ3n) is 6.12. The second-order valence-electron chi connectivity index (χ2n) is 9.22. The highest BCUT2D eigenvalue weighted by Gasteiger charge is 2.38. The SMILES string of the molecule is C[C@H](CC(=O)N1CCC(c2ccc(Cl)cc2)C(C)(C)C1)NC(=O)c1cccc(C(N)=O)c1. The zero-order chi connectivity index (χ0) is 23.5. The molecule has 1 saturated heterocycles. The second-order valence-corrected chi connectivity index (χ2v) is 9.66. The number of rotatable bonds is 6. The quantitative estimate of drug-likeness (QED) is 0.689. The molecular formula is C25H30ClN3O3. The molecule has 32 heavy (non-hydrogen) atoms. The Bertz CT molecular complexity index is 1000. The average molecular weight is 456 g/mol. The largest absolute Gasteiger partial charge is 0.366 e. The topological polar surface area (TPSA) is 92.5 Å². The zero-order valence-corrected chi connectivity index (χ0v) is 19.5. The van der Waals surface area contributed by atoms with Crippen molar-refractivity contribution in [3.63, 3.8) is 0 Å². The molecule has 6 nitrogen and oxygen atoms in total. The summed E-state index contributed by atoms with van der Waals surface area (Å²) in [5, 5.41) is 3.56. The van der Waals surface area contributed by atoms with Crippen molar-refractivity contribution in [2.75, 3.05) is 13.1 Å². The van der Waals surface area contributed by atoms with E-state index in [0.29, 0.717) is 24.6 Å². The van der Waals surface area contributed by atoms with Crippen LogP contribution in [-0.2, 0) is 4.79 Å². The number of piperidine rings is 1. The number of primary amides is 1. The Hall–Kier alpha value is -2.86. The number of carbonyl (C=O) groups excluding carboxylic acids is 3. The van der Waals surface area contributed by atoms with Crippen LogP contribution in [0.1, 0.15) is 65.8 Å². The lowest BCUT2D eigenvalue weighted by atomic mass is 9.70. The maximum atomic E-state index is 12.9. The van der Waals surface area contributed by atoms with Gasteiger partial charge in [0.1, 0.15) is 0 Å². The van der Waals surface area contributed by atoms with Crippen molar-refractivity contribution >= 4 is 29.3 Å². The highest BCUT2D eigenvalue weighted by atomic mass is 35.5. The van der Waals surface area contributed by atoms with E-state index in [2.05, 4.69) is 31.3 Å². The Morgan fingerprint density at radius 1 is 1.16 bits per heavy atom. The Balaban J connectivity index is 1.57. The van der Waals surface area contributed by atoms with Crippen molar-refractivity contribution in [1.29, 1.82) is 0 Å². The van der Waals surface area contributed by atoms with Crippen LogP contribution in [0.15, 0.2) is 48.5 Å². The van der Waals surface area contributed by atoms with Gasteiger partial charge >= 0.3 is 0 Å². The number of hydrogen-bond acceptors (Lipinski definition) is 3. The van der Waals surface area contributed by atoms with Crippen molar-refractivity contribution in [3.8, 4) is 0 Å². The van der Waals surface area contributed by atoms with Crippen LogP contribution in [0.3, 0.4) is 0 Å². The number of amides is 3. The molecule has 3 rings (SSSR count). The maximum Gasteiger partial charge on any atom is 0.251 e. The molecule has 0 aromatic heterocycles. The van der Waals surface area contributed by atoms with E-state index in [4.69, 9.17) is 17.3 Å². The fourth-order valence-electron chi connectivity index (χ4n) is 4.45. The van der Waals surface area contributed by atoms with E-state index in [1.54, 1.807) is 25.1 Å². The fourth-order valence-corrected chi connectivity index (χ4v) is 4.57. The molecule has 3 N–H and O–H groups in total. The summed E-state index contributed by atoms with van der Waals surface area (Å²) < 4.78 is 0. The molecule has 3 amide bonds. The van der Waals surface area contributed by atoms with Crippen LogP contribution in [0.5, 0.6) is 0 Å². The van der Waals surface area contributed by atoms with Gasteiger partial charge in [0, 0.05) is 41.7 Å². The summed E-state index contributed by atoms with van der Waals surface area (Å²) in [6.45, 7) is 7.50. The van der Waals surface area contributed by atoms with Crippen LogP contribution in [-0.4, -0.2) is 41.8 Å². The summed E-state index contributed by atoms with van der Waals surface area (Å²) in [5.41, 5.74) is 7.05. The molecule has 0 spiro atoms. The van der Waals surface area contributed by atoms with Gasteiger partial charge < -0.3 is 16.0 Å². The minimum Gasteiger partial charge on any atom is -0.366 e. The molecule has 0 radical (unpaired) electrons. The van der Waals surface area contributed by atoms with Crippen molar-refractivity contribution in [2.24, 2.45) is 11.1 Å². The molecule has 2 aromatic carbocycles. The number of carbonyl (C=O) groups is 3. The second kappa shape index (κ2) is 9.74. The van der Waals surface area contributed by atoms with Crippen LogP contribution in [0, 0.1) is 5.41 Å². The Labute approximate surface area is 194 Å². The summed E-state index contributed by atoms with van der Waals surface area (Å²) in [6, 6.07) is 13.8. The minimum atomic E-state index is -0.590. The molecule has 2 atom stereocenters. The summed E-state index contributed by atoms with van der Waals surface area (Å²) in [5.74, 6) is -0.563. The molecule has 1 aliphatic rings. The van der Waals surface area contributed by atoms with Gasteiger partial charge in [0.15, 0.2) is 0 Å². The summed E-state index contributed by atoms with van der Waals surface area (Å²) >= 11 is 6.03. The van der Waals surface area contributed by atoms with Gasteiger partial charge in [0.2, 0.25) is 11.8 Å². The van der Waals surface area contributed by atoms with E-state index in [9.17, 15) is 14.4 Å². The highest BCUT2D eigenvalue weighted by Crippen LogP contribution is 2.42. The van der Waals surface area contributed by atoms with E-state index >= 15 is 0 Å². The predicted octanol–water partition coefficient (Wildman–Crippen LogP) is 3.99. The van der Waals surface area contributed by atoms with Gasteiger partial charge in [0.25, 0.3) is 5.91 Å². The molecule has 2 aromatic rings.